The number of rotatable bonds is 5. The molecule has 0 spiro atoms. The van der Waals surface area contributed by atoms with E-state index in [1.165, 1.54) is 17.7 Å². The minimum atomic E-state index is -1.13. The van der Waals surface area contributed by atoms with Crippen LogP contribution in [0, 0.1) is 18.7 Å². The number of piperidine rings is 2. The van der Waals surface area contributed by atoms with E-state index in [0.717, 1.165) is 58.3 Å². The third kappa shape index (κ3) is 5.19. The van der Waals surface area contributed by atoms with Crippen molar-refractivity contribution in [2.24, 2.45) is 11.7 Å². The molecular formula is C33H38F2N6O2. The van der Waals surface area contributed by atoms with Gasteiger partial charge in [-0.1, -0.05) is 0 Å². The summed E-state index contributed by atoms with van der Waals surface area (Å²) in [6.45, 7) is 6.18. The molecule has 0 radical (unpaired) electrons. The Kier molecular flexibility index (Phi) is 6.99. The van der Waals surface area contributed by atoms with Crippen molar-refractivity contribution >= 4 is 28.2 Å². The number of amides is 2. The van der Waals surface area contributed by atoms with Crippen LogP contribution in [0.15, 0.2) is 36.5 Å². The monoisotopic (exact) mass is 588 g/mol. The van der Waals surface area contributed by atoms with Crippen molar-refractivity contribution in [3.8, 4) is 11.4 Å². The Balaban J connectivity index is 1.29. The number of aromatic nitrogens is 3. The van der Waals surface area contributed by atoms with Crippen molar-refractivity contribution in [3.63, 3.8) is 0 Å². The summed E-state index contributed by atoms with van der Waals surface area (Å²) in [5.74, 6) is 0.309. The molecule has 0 bridgehead atoms. The predicted octanol–water partition coefficient (Wildman–Crippen LogP) is 5.05. The van der Waals surface area contributed by atoms with Crippen molar-refractivity contribution in [2.75, 3.05) is 26.2 Å². The summed E-state index contributed by atoms with van der Waals surface area (Å²) in [7, 11) is 0. The van der Waals surface area contributed by atoms with Crippen molar-refractivity contribution in [1.82, 2.24) is 24.0 Å². The number of carbonyl (C=O) groups is 2. The maximum absolute atomic E-state index is 15.1. The first-order valence-corrected chi connectivity index (χ1v) is 15.4. The number of carbonyl (C=O) groups excluding carboxylic acids is 2. The highest BCUT2D eigenvalue weighted by Crippen LogP contribution is 2.41. The van der Waals surface area contributed by atoms with E-state index in [2.05, 4.69) is 4.57 Å². The van der Waals surface area contributed by atoms with E-state index >= 15 is 4.39 Å². The molecule has 43 heavy (non-hydrogen) atoms. The molecule has 7 rings (SSSR count). The third-order valence-corrected chi connectivity index (χ3v) is 9.59. The van der Waals surface area contributed by atoms with Gasteiger partial charge in [0.2, 0.25) is 5.91 Å². The largest absolute Gasteiger partial charge is 0.343 e. The molecule has 2 amide bonds. The molecule has 5 heterocycles. The summed E-state index contributed by atoms with van der Waals surface area (Å²) < 4.78 is 33.3. The lowest BCUT2D eigenvalue weighted by Crippen LogP contribution is -2.50. The number of likely N-dealkylation sites (tertiary alicyclic amines) is 2. The fourth-order valence-corrected chi connectivity index (χ4v) is 7.14. The molecule has 8 nitrogen and oxygen atoms in total. The van der Waals surface area contributed by atoms with Crippen LogP contribution in [-0.4, -0.2) is 74.2 Å². The Morgan fingerprint density at radius 3 is 2.51 bits per heavy atom. The van der Waals surface area contributed by atoms with E-state index < -0.39 is 6.17 Å². The average Bonchev–Trinajstić information content (AvgIpc) is 3.65. The van der Waals surface area contributed by atoms with Gasteiger partial charge in [-0.15, -0.1) is 0 Å². The van der Waals surface area contributed by atoms with Gasteiger partial charge in [0.05, 0.1) is 28.8 Å². The number of benzene rings is 1. The van der Waals surface area contributed by atoms with Crippen LogP contribution in [-0.2, 0) is 11.3 Å². The number of alkyl halides is 1. The van der Waals surface area contributed by atoms with Crippen molar-refractivity contribution < 1.29 is 18.4 Å². The topological polar surface area (TPSA) is 88.9 Å². The van der Waals surface area contributed by atoms with Crippen LogP contribution < -0.4 is 5.73 Å². The molecule has 2 saturated heterocycles. The minimum absolute atomic E-state index is 0.0435. The number of hydrogen-bond donors (Lipinski definition) is 1. The van der Waals surface area contributed by atoms with E-state index in [0.29, 0.717) is 31.1 Å². The maximum Gasteiger partial charge on any atom is 0.255 e. The van der Waals surface area contributed by atoms with Gasteiger partial charge in [0.15, 0.2) is 0 Å². The van der Waals surface area contributed by atoms with Crippen LogP contribution in [0.3, 0.4) is 0 Å². The molecule has 2 N–H and O–H groups in total. The number of pyridine rings is 1. The summed E-state index contributed by atoms with van der Waals surface area (Å²) in [5, 5.41) is 5.82. The highest BCUT2D eigenvalue weighted by molar-refractivity contribution is 5.95. The van der Waals surface area contributed by atoms with E-state index in [4.69, 9.17) is 10.8 Å². The Morgan fingerprint density at radius 2 is 1.81 bits per heavy atom. The van der Waals surface area contributed by atoms with Gasteiger partial charge in [0.25, 0.3) is 5.91 Å². The van der Waals surface area contributed by atoms with Gasteiger partial charge in [-0.2, -0.15) is 5.10 Å². The van der Waals surface area contributed by atoms with E-state index in [1.807, 2.05) is 24.0 Å². The Hall–Kier alpha value is -3.79. The van der Waals surface area contributed by atoms with Crippen LogP contribution in [0.5, 0.6) is 0 Å². The summed E-state index contributed by atoms with van der Waals surface area (Å²) >= 11 is 0. The van der Waals surface area contributed by atoms with Crippen LogP contribution in [0.2, 0.25) is 0 Å². The van der Waals surface area contributed by atoms with Crippen LogP contribution in [0.25, 0.3) is 27.8 Å². The number of aryl methyl sites for hydroxylation is 1. The van der Waals surface area contributed by atoms with E-state index in [1.54, 1.807) is 35.8 Å². The maximum atomic E-state index is 15.1. The Bertz CT molecular complexity index is 1720. The lowest BCUT2D eigenvalue weighted by Gasteiger charge is -2.32. The lowest BCUT2D eigenvalue weighted by atomic mass is 9.88. The highest BCUT2D eigenvalue weighted by Gasteiger charge is 2.31. The highest BCUT2D eigenvalue weighted by atomic mass is 19.1. The molecule has 226 valence electrons. The molecule has 4 aromatic rings. The van der Waals surface area contributed by atoms with E-state index in [9.17, 15) is 14.0 Å². The zero-order valence-corrected chi connectivity index (χ0v) is 24.7. The minimum Gasteiger partial charge on any atom is -0.343 e. The first-order chi connectivity index (χ1) is 20.7. The second-order valence-corrected chi connectivity index (χ2v) is 12.8. The normalized spacial score (nSPS) is 21.7. The van der Waals surface area contributed by atoms with Gasteiger partial charge in [-0.25, -0.2) is 13.3 Å². The second kappa shape index (κ2) is 10.7. The lowest BCUT2D eigenvalue weighted by molar-refractivity contribution is -0.129. The molecule has 3 aromatic heterocycles. The fraction of sp³-hybridized carbons (Fsp3) is 0.485. The van der Waals surface area contributed by atoms with E-state index in [-0.39, 0.29) is 42.6 Å². The van der Waals surface area contributed by atoms with Crippen molar-refractivity contribution in [1.29, 1.82) is 0 Å². The summed E-state index contributed by atoms with van der Waals surface area (Å²) in [6, 6.07) is 8.63. The number of fused-ring (bicyclic) bond motifs is 2. The number of nitrogens with two attached hydrogens (primary N) is 1. The van der Waals surface area contributed by atoms with Gasteiger partial charge < -0.3 is 20.1 Å². The second-order valence-electron chi connectivity index (χ2n) is 12.8. The fourth-order valence-electron chi connectivity index (χ4n) is 7.14. The first-order valence-electron chi connectivity index (χ1n) is 15.4. The zero-order valence-electron chi connectivity index (χ0n) is 24.7. The van der Waals surface area contributed by atoms with Crippen LogP contribution in [0.1, 0.15) is 66.4 Å². The van der Waals surface area contributed by atoms with Gasteiger partial charge in [0.1, 0.15) is 17.7 Å². The molecule has 10 heteroatoms. The third-order valence-electron chi connectivity index (χ3n) is 9.59. The van der Waals surface area contributed by atoms with Crippen molar-refractivity contribution in [2.45, 2.75) is 70.6 Å². The number of halogens is 2. The molecular weight excluding hydrogens is 550 g/mol. The van der Waals surface area contributed by atoms with Gasteiger partial charge >= 0.3 is 0 Å². The van der Waals surface area contributed by atoms with Gasteiger partial charge in [-0.05, 0) is 86.8 Å². The Morgan fingerprint density at radius 1 is 1.05 bits per heavy atom. The average molecular weight is 589 g/mol. The molecule has 3 aliphatic rings. The standard InChI is InChI=1S/C33H38F2N6O2/c1-19-29-6-5-23(33(43)39-17-26(35)13-27(36)18-39)16-41(29)37-31(19)30-12-24-11-25(34)14-28(32(24)40(30)15-21-3-4-21)22-7-9-38(10-8-22)20(2)42/h5-6,11-12,14,16,21-22,26-27H,3-4,7-10,13,15,17-18,36H2,1-2H3/t26-,27-/m1/s1. The molecule has 3 fully saturated rings. The van der Waals surface area contributed by atoms with Gasteiger partial charge in [-0.3, -0.25) is 9.59 Å². The summed E-state index contributed by atoms with van der Waals surface area (Å²) in [4.78, 5) is 28.6. The molecule has 2 aliphatic heterocycles. The predicted molar refractivity (Wildman–Crippen MR) is 161 cm³/mol. The molecule has 0 unspecified atom stereocenters. The SMILES string of the molecule is CC(=O)N1CCC(c2cc(F)cc3cc(-c4nn5cc(C(=O)N6C[C@H](N)C[C@@H](F)C6)ccc5c4C)n(CC4CC4)c23)CC1. The van der Waals surface area contributed by atoms with Crippen LogP contribution >= 0.6 is 0 Å². The molecule has 1 saturated carbocycles. The smallest absolute Gasteiger partial charge is 0.255 e. The van der Waals surface area contributed by atoms with Crippen LogP contribution in [0.4, 0.5) is 8.78 Å². The number of nitrogens with zero attached hydrogens (tertiary/aromatic N) is 5. The molecule has 1 aromatic carbocycles. The Labute approximate surface area is 249 Å². The summed E-state index contributed by atoms with van der Waals surface area (Å²) in [6.07, 6.45) is 4.80. The van der Waals surface area contributed by atoms with Gasteiger partial charge in [0, 0.05) is 56.3 Å². The molecule has 1 aliphatic carbocycles. The van der Waals surface area contributed by atoms with Crippen molar-refractivity contribution in [3.05, 3.63) is 59.0 Å². The zero-order chi connectivity index (χ0) is 30.0. The number of hydrogen-bond acceptors (Lipinski definition) is 4. The first kappa shape index (κ1) is 28.0. The quantitative estimate of drug-likeness (QED) is 0.354. The summed E-state index contributed by atoms with van der Waals surface area (Å²) in [5.41, 5.74) is 12.1. The molecule has 2 atom stereocenters.